The SMILES string of the molecule is Cc1cc(O)c(-c2n[nH]c3c2C(c2ccccc2)N(Cc2cccnc2)C3=O)cc1Cl. The maximum Gasteiger partial charge on any atom is 0.273 e. The number of nitrogens with zero attached hydrogens (tertiary/aromatic N) is 3. The number of carbonyl (C=O) groups is 1. The number of benzene rings is 2. The van der Waals surface area contributed by atoms with Gasteiger partial charge in [0.1, 0.15) is 17.1 Å². The normalized spacial score (nSPS) is 15.4. The molecule has 2 N–H and O–H groups in total. The molecule has 0 radical (unpaired) electrons. The summed E-state index contributed by atoms with van der Waals surface area (Å²) in [5.74, 6) is -0.0784. The van der Waals surface area contributed by atoms with Gasteiger partial charge in [-0.15, -0.1) is 0 Å². The number of aromatic nitrogens is 3. The van der Waals surface area contributed by atoms with Crippen LogP contribution in [0.5, 0.6) is 5.75 Å². The van der Waals surface area contributed by atoms with Crippen molar-refractivity contribution in [2.75, 3.05) is 0 Å². The molecule has 0 aliphatic carbocycles. The standard InChI is InChI=1S/C24H19ClN4O2/c1-14-10-19(30)17(11-18(14)25)21-20-22(28-27-21)24(31)29(13-15-6-5-9-26-12-15)23(20)16-7-3-2-4-8-16/h2-12,23,30H,13H2,1H3,(H,27,28). The summed E-state index contributed by atoms with van der Waals surface area (Å²) in [5, 5.41) is 18.5. The van der Waals surface area contributed by atoms with Crippen molar-refractivity contribution in [3.05, 3.63) is 100.0 Å². The predicted octanol–water partition coefficient (Wildman–Crippen LogP) is 4.88. The summed E-state index contributed by atoms with van der Waals surface area (Å²) in [6.07, 6.45) is 3.46. The number of carbonyl (C=O) groups excluding carboxylic acids is 1. The van der Waals surface area contributed by atoms with E-state index in [-0.39, 0.29) is 17.7 Å². The molecule has 0 saturated heterocycles. The Balaban J connectivity index is 1.68. The molecule has 4 aromatic rings. The van der Waals surface area contributed by atoms with Gasteiger partial charge >= 0.3 is 0 Å². The Hall–Kier alpha value is -3.64. The lowest BCUT2D eigenvalue weighted by Crippen LogP contribution is -2.29. The Bertz CT molecular complexity index is 1270. The number of phenols is 1. The van der Waals surface area contributed by atoms with E-state index in [1.54, 1.807) is 29.4 Å². The number of aromatic hydroxyl groups is 1. The topological polar surface area (TPSA) is 82.1 Å². The van der Waals surface area contributed by atoms with E-state index in [1.165, 1.54) is 0 Å². The van der Waals surface area contributed by atoms with Crippen LogP contribution in [0.1, 0.15) is 38.8 Å². The molecule has 154 valence electrons. The van der Waals surface area contributed by atoms with Gasteiger partial charge in [0.15, 0.2) is 0 Å². The predicted molar refractivity (Wildman–Crippen MR) is 118 cm³/mol. The zero-order valence-corrected chi connectivity index (χ0v) is 17.5. The first-order valence-corrected chi connectivity index (χ1v) is 10.2. The zero-order chi connectivity index (χ0) is 21.5. The average Bonchev–Trinajstić information content (AvgIpc) is 3.31. The van der Waals surface area contributed by atoms with Crippen molar-refractivity contribution in [1.82, 2.24) is 20.1 Å². The number of phenolic OH excluding ortho intramolecular Hbond substituents is 1. The van der Waals surface area contributed by atoms with E-state index in [0.717, 1.165) is 22.3 Å². The minimum atomic E-state index is -0.364. The Morgan fingerprint density at radius 2 is 1.97 bits per heavy atom. The molecule has 1 aliphatic heterocycles. The molecule has 5 rings (SSSR count). The van der Waals surface area contributed by atoms with Gasteiger partial charge in [0.25, 0.3) is 5.91 Å². The summed E-state index contributed by atoms with van der Waals surface area (Å²) >= 11 is 6.34. The van der Waals surface area contributed by atoms with Gasteiger partial charge in [0.2, 0.25) is 0 Å². The van der Waals surface area contributed by atoms with Crippen molar-refractivity contribution in [2.45, 2.75) is 19.5 Å². The van der Waals surface area contributed by atoms with Crippen LogP contribution in [0.25, 0.3) is 11.3 Å². The van der Waals surface area contributed by atoms with E-state index >= 15 is 0 Å². The van der Waals surface area contributed by atoms with Crippen molar-refractivity contribution in [1.29, 1.82) is 0 Å². The van der Waals surface area contributed by atoms with Crippen LogP contribution >= 0.6 is 11.6 Å². The van der Waals surface area contributed by atoms with E-state index in [9.17, 15) is 9.90 Å². The number of hydrogen-bond acceptors (Lipinski definition) is 4. The summed E-state index contributed by atoms with van der Waals surface area (Å²) in [7, 11) is 0. The zero-order valence-electron chi connectivity index (χ0n) is 16.7. The maximum absolute atomic E-state index is 13.4. The average molecular weight is 431 g/mol. The fourth-order valence-corrected chi connectivity index (χ4v) is 4.25. The van der Waals surface area contributed by atoms with Crippen LogP contribution in [0.2, 0.25) is 5.02 Å². The van der Waals surface area contributed by atoms with Crippen LogP contribution in [0.4, 0.5) is 0 Å². The number of halogens is 1. The monoisotopic (exact) mass is 430 g/mol. The smallest absolute Gasteiger partial charge is 0.273 e. The first-order valence-electron chi connectivity index (χ1n) is 9.87. The Morgan fingerprint density at radius 1 is 1.16 bits per heavy atom. The third-order valence-corrected chi connectivity index (χ3v) is 5.99. The lowest BCUT2D eigenvalue weighted by molar-refractivity contribution is 0.0730. The van der Waals surface area contributed by atoms with E-state index in [1.807, 2.05) is 49.4 Å². The molecule has 2 aromatic heterocycles. The molecule has 3 heterocycles. The number of rotatable bonds is 4. The molecule has 0 spiro atoms. The molecule has 0 bridgehead atoms. The minimum Gasteiger partial charge on any atom is -0.507 e. The lowest BCUT2D eigenvalue weighted by atomic mass is 9.95. The first-order chi connectivity index (χ1) is 15.0. The van der Waals surface area contributed by atoms with E-state index in [4.69, 9.17) is 11.6 Å². The van der Waals surface area contributed by atoms with Crippen LogP contribution in [0.3, 0.4) is 0 Å². The van der Waals surface area contributed by atoms with Gasteiger partial charge in [-0.2, -0.15) is 5.10 Å². The first kappa shape index (κ1) is 19.3. The Kier molecular flexibility index (Phi) is 4.71. The van der Waals surface area contributed by atoms with Gasteiger partial charge in [0.05, 0.1) is 6.04 Å². The molecule has 0 fully saturated rings. The summed E-state index contributed by atoms with van der Waals surface area (Å²) in [6.45, 7) is 2.22. The number of aryl methyl sites for hydroxylation is 1. The van der Waals surface area contributed by atoms with Gasteiger partial charge in [-0.3, -0.25) is 14.9 Å². The van der Waals surface area contributed by atoms with E-state index < -0.39 is 0 Å². The number of fused-ring (bicyclic) bond motifs is 1. The van der Waals surface area contributed by atoms with E-state index in [0.29, 0.717) is 28.5 Å². The molecule has 7 heteroatoms. The summed E-state index contributed by atoms with van der Waals surface area (Å²) in [4.78, 5) is 19.4. The van der Waals surface area contributed by atoms with Gasteiger partial charge in [-0.1, -0.05) is 48.0 Å². The van der Waals surface area contributed by atoms with Crippen LogP contribution in [0.15, 0.2) is 67.0 Å². The largest absolute Gasteiger partial charge is 0.507 e. The highest BCUT2D eigenvalue weighted by atomic mass is 35.5. The van der Waals surface area contributed by atoms with Gasteiger partial charge in [-0.05, 0) is 41.8 Å². The lowest BCUT2D eigenvalue weighted by Gasteiger charge is -2.26. The number of H-pyrrole nitrogens is 1. The quantitative estimate of drug-likeness (QED) is 0.483. The van der Waals surface area contributed by atoms with Crippen molar-refractivity contribution in [3.63, 3.8) is 0 Å². The summed E-state index contributed by atoms with van der Waals surface area (Å²) < 4.78 is 0. The number of aromatic amines is 1. The molecular weight excluding hydrogens is 412 g/mol. The van der Waals surface area contributed by atoms with Gasteiger partial charge in [0, 0.05) is 35.1 Å². The Morgan fingerprint density at radius 3 is 2.71 bits per heavy atom. The summed E-state index contributed by atoms with van der Waals surface area (Å²) in [6, 6.07) is 16.5. The van der Waals surface area contributed by atoms with Crippen molar-refractivity contribution < 1.29 is 9.90 Å². The third kappa shape index (κ3) is 3.25. The number of pyridine rings is 1. The molecule has 1 atom stereocenters. The van der Waals surface area contributed by atoms with Crippen LogP contribution < -0.4 is 0 Å². The van der Waals surface area contributed by atoms with Crippen LogP contribution in [0, 0.1) is 6.92 Å². The second-order valence-electron chi connectivity index (χ2n) is 7.59. The Labute approximate surface area is 184 Å². The molecular formula is C24H19ClN4O2. The van der Waals surface area contributed by atoms with E-state index in [2.05, 4.69) is 15.2 Å². The van der Waals surface area contributed by atoms with Crippen molar-refractivity contribution >= 4 is 17.5 Å². The maximum atomic E-state index is 13.4. The van der Waals surface area contributed by atoms with Crippen LogP contribution in [-0.4, -0.2) is 31.1 Å². The van der Waals surface area contributed by atoms with Gasteiger partial charge in [-0.25, -0.2) is 0 Å². The number of nitrogens with one attached hydrogen (secondary N) is 1. The fraction of sp³-hybridized carbons (Fsp3) is 0.125. The van der Waals surface area contributed by atoms with Crippen LogP contribution in [-0.2, 0) is 6.54 Å². The highest BCUT2D eigenvalue weighted by Gasteiger charge is 2.42. The minimum absolute atomic E-state index is 0.0705. The molecule has 2 aromatic carbocycles. The van der Waals surface area contributed by atoms with Gasteiger partial charge < -0.3 is 10.0 Å². The molecule has 31 heavy (non-hydrogen) atoms. The molecule has 6 nitrogen and oxygen atoms in total. The highest BCUT2D eigenvalue weighted by Crippen LogP contribution is 2.45. The second-order valence-corrected chi connectivity index (χ2v) is 7.99. The highest BCUT2D eigenvalue weighted by molar-refractivity contribution is 6.31. The molecule has 1 unspecified atom stereocenters. The fourth-order valence-electron chi connectivity index (χ4n) is 4.09. The van der Waals surface area contributed by atoms with Crippen molar-refractivity contribution in [2.24, 2.45) is 0 Å². The number of hydrogen-bond donors (Lipinski definition) is 2. The molecule has 0 saturated carbocycles. The summed E-state index contributed by atoms with van der Waals surface area (Å²) in [5.41, 5.74) is 4.81. The molecule has 1 aliphatic rings. The number of amides is 1. The third-order valence-electron chi connectivity index (χ3n) is 5.59. The second kappa shape index (κ2) is 7.56. The molecule has 1 amide bonds. The van der Waals surface area contributed by atoms with Crippen molar-refractivity contribution in [3.8, 4) is 17.0 Å².